The Kier molecular flexibility index (Phi) is 4.67. The van der Waals surface area contributed by atoms with Crippen molar-refractivity contribution in [2.24, 2.45) is 0 Å². The summed E-state index contributed by atoms with van der Waals surface area (Å²) < 4.78 is 0. The van der Waals surface area contributed by atoms with Crippen molar-refractivity contribution in [1.29, 1.82) is 0 Å². The number of aromatic nitrogens is 1. The Morgan fingerprint density at radius 3 is 2.62 bits per heavy atom. The fourth-order valence-corrected chi connectivity index (χ4v) is 2.86. The summed E-state index contributed by atoms with van der Waals surface area (Å²) in [5, 5.41) is 14.0. The van der Waals surface area contributed by atoms with Crippen LogP contribution in [0.15, 0.2) is 48.5 Å². The average Bonchev–Trinajstić information content (AvgIpc) is 2.88. The second kappa shape index (κ2) is 6.89. The maximum Gasteiger partial charge on any atom is 0.249 e. The predicted molar refractivity (Wildman–Crippen MR) is 95.8 cm³/mol. The molecule has 24 heavy (non-hydrogen) atoms. The topological polar surface area (TPSA) is 65.1 Å². The first kappa shape index (κ1) is 16.3. The molecule has 0 unspecified atom stereocenters. The number of rotatable bonds is 5. The lowest BCUT2D eigenvalue weighted by molar-refractivity contribution is -0.129. The van der Waals surface area contributed by atoms with Gasteiger partial charge < -0.3 is 15.4 Å². The molecule has 0 spiro atoms. The maximum absolute atomic E-state index is 12.1. The normalized spacial score (nSPS) is 12.3. The molecule has 0 saturated carbocycles. The van der Waals surface area contributed by atoms with Crippen LogP contribution >= 0.6 is 0 Å². The van der Waals surface area contributed by atoms with Gasteiger partial charge in [-0.15, -0.1) is 0 Å². The Morgan fingerprint density at radius 2 is 1.88 bits per heavy atom. The zero-order valence-corrected chi connectivity index (χ0v) is 14.0. The number of carbonyl (C=O) groups is 1. The summed E-state index contributed by atoms with van der Waals surface area (Å²) in [6, 6.07) is 15.6. The Labute approximate surface area is 141 Å². The van der Waals surface area contributed by atoms with E-state index in [4.69, 9.17) is 0 Å². The third-order valence-corrected chi connectivity index (χ3v) is 4.41. The summed E-state index contributed by atoms with van der Waals surface area (Å²) in [4.78, 5) is 15.4. The summed E-state index contributed by atoms with van der Waals surface area (Å²) in [5.41, 5.74) is 5.45. The molecular formula is C20H22N2O2. The van der Waals surface area contributed by atoms with Crippen LogP contribution in [-0.2, 0) is 17.8 Å². The van der Waals surface area contributed by atoms with Crippen LogP contribution in [0, 0.1) is 13.8 Å². The molecule has 0 bridgehead atoms. The summed E-state index contributed by atoms with van der Waals surface area (Å²) >= 11 is 0. The highest BCUT2D eigenvalue weighted by Crippen LogP contribution is 2.22. The second-order valence-corrected chi connectivity index (χ2v) is 6.18. The molecule has 1 aromatic heterocycles. The number of aryl methyl sites for hydroxylation is 2. The first-order valence-electron chi connectivity index (χ1n) is 8.12. The summed E-state index contributed by atoms with van der Waals surface area (Å²) in [6.07, 6.45) is -0.714. The van der Waals surface area contributed by atoms with Crippen molar-refractivity contribution >= 4 is 16.8 Å². The Bertz CT molecular complexity index is 853. The van der Waals surface area contributed by atoms with Gasteiger partial charge in [0, 0.05) is 29.6 Å². The quantitative estimate of drug-likeness (QED) is 0.676. The molecule has 124 valence electrons. The number of aromatic amines is 1. The lowest BCUT2D eigenvalue weighted by Gasteiger charge is -2.11. The Hall–Kier alpha value is -2.59. The van der Waals surface area contributed by atoms with E-state index in [0.29, 0.717) is 13.0 Å². The van der Waals surface area contributed by atoms with Crippen molar-refractivity contribution in [3.63, 3.8) is 0 Å². The summed E-state index contributed by atoms with van der Waals surface area (Å²) in [7, 11) is 0. The molecule has 0 radical (unpaired) electrons. The van der Waals surface area contributed by atoms with Crippen molar-refractivity contribution in [2.45, 2.75) is 32.9 Å². The molecule has 1 amide bonds. The van der Waals surface area contributed by atoms with E-state index >= 15 is 0 Å². The number of hydrogen-bond donors (Lipinski definition) is 3. The number of nitrogens with one attached hydrogen (secondary N) is 2. The number of H-pyrrole nitrogens is 1. The molecule has 0 fully saturated rings. The molecule has 0 saturated heterocycles. The zero-order valence-electron chi connectivity index (χ0n) is 14.0. The molecule has 0 aliphatic carbocycles. The van der Waals surface area contributed by atoms with Gasteiger partial charge in [-0.3, -0.25) is 4.79 Å². The number of hydrogen-bond acceptors (Lipinski definition) is 2. The fraction of sp³-hybridized carbons (Fsp3) is 0.250. The number of aliphatic hydroxyl groups excluding tert-OH is 1. The van der Waals surface area contributed by atoms with Crippen LogP contribution in [0.3, 0.4) is 0 Å². The highest BCUT2D eigenvalue weighted by molar-refractivity contribution is 5.85. The van der Waals surface area contributed by atoms with Crippen LogP contribution in [0.25, 0.3) is 10.9 Å². The summed E-state index contributed by atoms with van der Waals surface area (Å²) in [5.74, 6) is -0.346. The minimum atomic E-state index is -1.03. The van der Waals surface area contributed by atoms with Crippen molar-refractivity contribution in [3.8, 4) is 0 Å². The van der Waals surface area contributed by atoms with Gasteiger partial charge in [-0.1, -0.05) is 36.4 Å². The largest absolute Gasteiger partial charge is 0.383 e. The highest BCUT2D eigenvalue weighted by atomic mass is 16.3. The minimum Gasteiger partial charge on any atom is -0.383 e. The maximum atomic E-state index is 12.1. The van der Waals surface area contributed by atoms with Crippen LogP contribution in [0.5, 0.6) is 0 Å². The van der Waals surface area contributed by atoms with Crippen LogP contribution in [0.1, 0.15) is 22.4 Å². The van der Waals surface area contributed by atoms with E-state index in [1.807, 2.05) is 42.5 Å². The van der Waals surface area contributed by atoms with E-state index in [1.54, 1.807) is 0 Å². The first-order valence-corrected chi connectivity index (χ1v) is 8.12. The van der Waals surface area contributed by atoms with Gasteiger partial charge >= 0.3 is 0 Å². The molecule has 3 N–H and O–H groups in total. The average molecular weight is 322 g/mol. The van der Waals surface area contributed by atoms with Crippen LogP contribution in [0.2, 0.25) is 0 Å². The Balaban J connectivity index is 1.62. The van der Waals surface area contributed by atoms with Gasteiger partial charge in [0.25, 0.3) is 0 Å². The predicted octanol–water partition coefficient (Wildman–Crippen LogP) is 3.00. The fourth-order valence-electron chi connectivity index (χ4n) is 2.86. The molecule has 3 rings (SSSR count). The molecule has 0 aliphatic rings. The Morgan fingerprint density at radius 1 is 1.12 bits per heavy atom. The highest BCUT2D eigenvalue weighted by Gasteiger charge is 2.15. The van der Waals surface area contributed by atoms with Gasteiger partial charge in [0.2, 0.25) is 5.91 Å². The van der Waals surface area contributed by atoms with Crippen LogP contribution in [-0.4, -0.2) is 22.1 Å². The van der Waals surface area contributed by atoms with E-state index in [2.05, 4.69) is 30.2 Å². The van der Waals surface area contributed by atoms with Crippen molar-refractivity contribution in [3.05, 3.63) is 70.9 Å². The van der Waals surface area contributed by atoms with Crippen LogP contribution in [0.4, 0.5) is 0 Å². The van der Waals surface area contributed by atoms with Gasteiger partial charge in [-0.25, -0.2) is 0 Å². The number of benzene rings is 2. The zero-order chi connectivity index (χ0) is 17.1. The lowest BCUT2D eigenvalue weighted by atomic mass is 10.1. The van der Waals surface area contributed by atoms with E-state index in [-0.39, 0.29) is 5.91 Å². The van der Waals surface area contributed by atoms with Gasteiger partial charge in [0.1, 0.15) is 6.10 Å². The van der Waals surface area contributed by atoms with E-state index in [1.165, 1.54) is 10.9 Å². The smallest absolute Gasteiger partial charge is 0.249 e. The minimum absolute atomic E-state index is 0.321. The molecular weight excluding hydrogens is 300 g/mol. The van der Waals surface area contributed by atoms with Gasteiger partial charge in [-0.2, -0.15) is 0 Å². The first-order chi connectivity index (χ1) is 11.5. The number of amides is 1. The van der Waals surface area contributed by atoms with Gasteiger partial charge in [0.05, 0.1) is 0 Å². The van der Waals surface area contributed by atoms with E-state index in [9.17, 15) is 9.90 Å². The lowest BCUT2D eigenvalue weighted by Crippen LogP contribution is -2.35. The van der Waals surface area contributed by atoms with E-state index < -0.39 is 6.10 Å². The number of carbonyl (C=O) groups excluding carboxylic acids is 1. The monoisotopic (exact) mass is 322 g/mol. The van der Waals surface area contributed by atoms with Crippen LogP contribution < -0.4 is 5.32 Å². The number of aliphatic hydroxyl groups is 1. The van der Waals surface area contributed by atoms with Crippen molar-refractivity contribution in [2.75, 3.05) is 0 Å². The molecule has 1 atom stereocenters. The third-order valence-electron chi connectivity index (χ3n) is 4.41. The SMILES string of the molecule is Cc1[nH]c2ccc(CNC(=O)[C@@H](O)Cc3ccccc3)cc2c1C. The molecule has 1 heterocycles. The summed E-state index contributed by atoms with van der Waals surface area (Å²) in [6.45, 7) is 4.54. The van der Waals surface area contributed by atoms with Crippen molar-refractivity contribution in [1.82, 2.24) is 10.3 Å². The standard InChI is InChI=1S/C20H22N2O2/c1-13-14(2)22-18-9-8-16(10-17(13)18)12-21-20(24)19(23)11-15-6-4-3-5-7-15/h3-10,19,22-23H,11-12H2,1-2H3,(H,21,24)/t19-/m0/s1. The van der Waals surface area contributed by atoms with Gasteiger partial charge in [0.15, 0.2) is 0 Å². The third kappa shape index (κ3) is 3.49. The van der Waals surface area contributed by atoms with Crippen molar-refractivity contribution < 1.29 is 9.90 Å². The van der Waals surface area contributed by atoms with Gasteiger partial charge in [-0.05, 0) is 42.7 Å². The molecule has 2 aromatic carbocycles. The van der Waals surface area contributed by atoms with E-state index in [0.717, 1.165) is 22.3 Å². The second-order valence-electron chi connectivity index (χ2n) is 6.18. The molecule has 4 heteroatoms. The molecule has 0 aliphatic heterocycles. The molecule has 4 nitrogen and oxygen atoms in total. The molecule has 3 aromatic rings. The number of fused-ring (bicyclic) bond motifs is 1.